The lowest BCUT2D eigenvalue weighted by atomic mass is 10.1. The number of rotatable bonds is 5. The summed E-state index contributed by atoms with van der Waals surface area (Å²) in [6, 6.07) is 7.27. The predicted molar refractivity (Wildman–Crippen MR) is 107 cm³/mol. The Morgan fingerprint density at radius 2 is 2.00 bits per heavy atom. The fraction of sp³-hybridized carbons (Fsp3) is 0.222. The highest BCUT2D eigenvalue weighted by molar-refractivity contribution is 7.92. The Kier molecular flexibility index (Phi) is 4.27. The summed E-state index contributed by atoms with van der Waals surface area (Å²) in [5.41, 5.74) is 3.06. The van der Waals surface area contributed by atoms with Crippen LogP contribution in [0.1, 0.15) is 18.3 Å². The van der Waals surface area contributed by atoms with E-state index in [0.29, 0.717) is 23.6 Å². The predicted octanol–water partition coefficient (Wildman–Crippen LogP) is 3.70. The number of para-hydroxylation sites is 1. The number of thiazole rings is 1. The lowest BCUT2D eigenvalue weighted by Gasteiger charge is -2.12. The van der Waals surface area contributed by atoms with E-state index < -0.39 is 10.0 Å². The lowest BCUT2D eigenvalue weighted by Crippen LogP contribution is -2.15. The van der Waals surface area contributed by atoms with Crippen LogP contribution in [0.25, 0.3) is 16.2 Å². The SMILES string of the molecule is CCn1nc(C)c(S(=O)(=O)Nc2ccccc2-c2cn3ccsc3n2)c1C. The summed E-state index contributed by atoms with van der Waals surface area (Å²) in [7, 11) is -3.78. The summed E-state index contributed by atoms with van der Waals surface area (Å²) in [5, 5.41) is 6.28. The van der Waals surface area contributed by atoms with Crippen LogP contribution in [0.3, 0.4) is 0 Å². The van der Waals surface area contributed by atoms with Crippen LogP contribution in [0.4, 0.5) is 5.69 Å². The molecule has 1 N–H and O–H groups in total. The van der Waals surface area contributed by atoms with Gasteiger partial charge in [-0.25, -0.2) is 13.4 Å². The molecule has 0 fully saturated rings. The highest BCUT2D eigenvalue weighted by atomic mass is 32.2. The van der Waals surface area contributed by atoms with Gasteiger partial charge in [-0.1, -0.05) is 18.2 Å². The summed E-state index contributed by atoms with van der Waals surface area (Å²) in [6.07, 6.45) is 3.82. The maximum Gasteiger partial charge on any atom is 0.265 e. The topological polar surface area (TPSA) is 81.3 Å². The van der Waals surface area contributed by atoms with Crippen molar-refractivity contribution < 1.29 is 8.42 Å². The zero-order valence-corrected chi connectivity index (χ0v) is 16.8. The first-order valence-electron chi connectivity index (χ1n) is 8.49. The molecule has 3 aromatic heterocycles. The van der Waals surface area contributed by atoms with Crippen molar-refractivity contribution in [2.75, 3.05) is 4.72 Å². The number of imidazole rings is 1. The van der Waals surface area contributed by atoms with Gasteiger partial charge in [0.05, 0.1) is 22.8 Å². The molecule has 0 bridgehead atoms. The molecule has 0 spiro atoms. The van der Waals surface area contributed by atoms with Crippen LogP contribution >= 0.6 is 11.3 Å². The lowest BCUT2D eigenvalue weighted by molar-refractivity contribution is 0.598. The quantitative estimate of drug-likeness (QED) is 0.553. The molecular weight excluding hydrogens is 382 g/mol. The van der Waals surface area contributed by atoms with Gasteiger partial charge in [0, 0.05) is 29.9 Å². The molecule has 0 aliphatic rings. The van der Waals surface area contributed by atoms with Crippen molar-refractivity contribution in [2.24, 2.45) is 0 Å². The van der Waals surface area contributed by atoms with Crippen LogP contribution in [-0.4, -0.2) is 27.6 Å². The zero-order chi connectivity index (χ0) is 19.2. The Balaban J connectivity index is 1.77. The Morgan fingerprint density at radius 1 is 1.22 bits per heavy atom. The number of benzene rings is 1. The summed E-state index contributed by atoms with van der Waals surface area (Å²) >= 11 is 1.53. The molecule has 0 radical (unpaired) electrons. The minimum absolute atomic E-state index is 0.227. The van der Waals surface area contributed by atoms with Gasteiger partial charge in [0.25, 0.3) is 10.0 Å². The smallest absolute Gasteiger partial charge is 0.265 e. The average Bonchev–Trinajstić information content (AvgIpc) is 3.28. The zero-order valence-electron chi connectivity index (χ0n) is 15.2. The second kappa shape index (κ2) is 6.50. The van der Waals surface area contributed by atoms with Crippen LogP contribution in [0.15, 0.2) is 46.9 Å². The molecule has 140 valence electrons. The minimum Gasteiger partial charge on any atom is -0.297 e. The van der Waals surface area contributed by atoms with Gasteiger partial charge in [-0.15, -0.1) is 11.3 Å². The molecule has 1 aromatic carbocycles. The molecule has 0 unspecified atom stereocenters. The van der Waals surface area contributed by atoms with Crippen molar-refractivity contribution in [1.82, 2.24) is 19.2 Å². The van der Waals surface area contributed by atoms with Crippen molar-refractivity contribution in [3.05, 3.63) is 53.4 Å². The number of aromatic nitrogens is 4. The summed E-state index contributed by atoms with van der Waals surface area (Å²) < 4.78 is 32.5. The summed E-state index contributed by atoms with van der Waals surface area (Å²) in [5.74, 6) is 0. The maximum atomic E-state index is 13.1. The number of fused-ring (bicyclic) bond motifs is 1. The van der Waals surface area contributed by atoms with E-state index in [9.17, 15) is 8.42 Å². The molecule has 0 atom stereocenters. The Hall–Kier alpha value is -2.65. The first-order valence-corrected chi connectivity index (χ1v) is 10.9. The van der Waals surface area contributed by atoms with Crippen molar-refractivity contribution in [3.63, 3.8) is 0 Å². The van der Waals surface area contributed by atoms with E-state index in [2.05, 4.69) is 14.8 Å². The van der Waals surface area contributed by atoms with Crippen LogP contribution in [-0.2, 0) is 16.6 Å². The van der Waals surface area contributed by atoms with Crippen molar-refractivity contribution in [3.8, 4) is 11.3 Å². The third-order valence-electron chi connectivity index (χ3n) is 4.42. The van der Waals surface area contributed by atoms with Gasteiger partial charge < -0.3 is 0 Å². The van der Waals surface area contributed by atoms with Gasteiger partial charge in [0.2, 0.25) is 0 Å². The highest BCUT2D eigenvalue weighted by Crippen LogP contribution is 2.31. The Morgan fingerprint density at radius 3 is 2.70 bits per heavy atom. The standard InChI is InChI=1S/C18H19N5O2S2/c1-4-23-13(3)17(12(2)20-23)27(24,25)21-15-8-6-5-7-14(15)16-11-22-9-10-26-18(22)19-16/h5-11,21H,4H2,1-3H3. The fourth-order valence-corrected chi connectivity index (χ4v) is 5.42. The van der Waals surface area contributed by atoms with E-state index in [0.717, 1.165) is 16.2 Å². The molecule has 0 amide bonds. The third kappa shape index (κ3) is 3.02. The minimum atomic E-state index is -3.78. The molecule has 4 aromatic rings. The van der Waals surface area contributed by atoms with E-state index in [-0.39, 0.29) is 4.90 Å². The number of hydrogen-bond acceptors (Lipinski definition) is 5. The van der Waals surface area contributed by atoms with E-state index >= 15 is 0 Å². The average molecular weight is 402 g/mol. The summed E-state index contributed by atoms with van der Waals surface area (Å²) in [6.45, 7) is 6.03. The van der Waals surface area contributed by atoms with E-state index in [1.54, 1.807) is 30.7 Å². The van der Waals surface area contributed by atoms with Crippen LogP contribution in [0, 0.1) is 13.8 Å². The first kappa shape index (κ1) is 17.7. The van der Waals surface area contributed by atoms with Gasteiger partial charge >= 0.3 is 0 Å². The molecule has 7 nitrogen and oxygen atoms in total. The number of hydrogen-bond donors (Lipinski definition) is 1. The van der Waals surface area contributed by atoms with Gasteiger partial charge in [0.15, 0.2) is 4.96 Å². The van der Waals surface area contributed by atoms with Gasteiger partial charge in [-0.2, -0.15) is 5.10 Å². The number of sulfonamides is 1. The molecule has 0 saturated heterocycles. The van der Waals surface area contributed by atoms with Gasteiger partial charge in [-0.3, -0.25) is 13.8 Å². The van der Waals surface area contributed by atoms with Crippen molar-refractivity contribution in [1.29, 1.82) is 0 Å². The van der Waals surface area contributed by atoms with Crippen LogP contribution in [0.5, 0.6) is 0 Å². The van der Waals surface area contributed by atoms with Crippen LogP contribution < -0.4 is 4.72 Å². The van der Waals surface area contributed by atoms with Crippen molar-refractivity contribution >= 4 is 32.0 Å². The van der Waals surface area contributed by atoms with E-state index in [1.807, 2.05) is 41.2 Å². The molecular formula is C18H19N5O2S2. The molecule has 0 aliphatic heterocycles. The third-order valence-corrected chi connectivity index (χ3v) is 6.81. The van der Waals surface area contributed by atoms with E-state index in [4.69, 9.17) is 0 Å². The van der Waals surface area contributed by atoms with Crippen LogP contribution in [0.2, 0.25) is 0 Å². The highest BCUT2D eigenvalue weighted by Gasteiger charge is 2.25. The second-order valence-electron chi connectivity index (χ2n) is 6.19. The van der Waals surface area contributed by atoms with Crippen molar-refractivity contribution in [2.45, 2.75) is 32.2 Å². The monoisotopic (exact) mass is 401 g/mol. The molecule has 3 heterocycles. The Bertz CT molecular complexity index is 1210. The number of nitrogens with one attached hydrogen (secondary N) is 1. The number of aryl methyl sites for hydroxylation is 2. The molecule has 9 heteroatoms. The fourth-order valence-electron chi connectivity index (χ4n) is 3.23. The molecule has 4 rings (SSSR count). The maximum absolute atomic E-state index is 13.1. The normalized spacial score (nSPS) is 12.0. The summed E-state index contributed by atoms with van der Waals surface area (Å²) in [4.78, 5) is 5.68. The van der Waals surface area contributed by atoms with E-state index in [1.165, 1.54) is 11.3 Å². The number of anilines is 1. The molecule has 0 saturated carbocycles. The second-order valence-corrected chi connectivity index (χ2v) is 8.68. The molecule has 0 aliphatic carbocycles. The van der Waals surface area contributed by atoms with Gasteiger partial charge in [0.1, 0.15) is 4.90 Å². The first-order chi connectivity index (χ1) is 12.9. The largest absolute Gasteiger partial charge is 0.297 e. The number of nitrogens with zero attached hydrogens (tertiary/aromatic N) is 4. The van der Waals surface area contributed by atoms with Gasteiger partial charge in [-0.05, 0) is 26.8 Å². The Labute approximate surface area is 161 Å². The molecule has 27 heavy (non-hydrogen) atoms.